The van der Waals surface area contributed by atoms with Crippen molar-refractivity contribution < 1.29 is 34.8 Å². The minimum Gasteiger partial charge on any atom is -0.508 e. The average Bonchev–Trinajstić information content (AvgIpc) is 2.99. The van der Waals surface area contributed by atoms with Crippen molar-refractivity contribution in [2.75, 3.05) is 14.1 Å². The number of hydrogen-bond acceptors (Lipinski definition) is 9. The summed E-state index contributed by atoms with van der Waals surface area (Å²) in [5, 5.41) is 48.7. The van der Waals surface area contributed by atoms with E-state index in [9.17, 15) is 34.8 Å². The molecule has 0 heterocycles. The van der Waals surface area contributed by atoms with E-state index < -0.39 is 58.0 Å². The van der Waals surface area contributed by atoms with Crippen LogP contribution in [-0.4, -0.2) is 68.5 Å². The Morgan fingerprint density at radius 1 is 0.978 bits per heavy atom. The topological polar surface area (TPSA) is 173 Å². The summed E-state index contributed by atoms with van der Waals surface area (Å²) in [6, 6.07) is 20.0. The van der Waals surface area contributed by atoms with E-state index in [1.165, 1.54) is 16.5 Å². The van der Waals surface area contributed by atoms with Crippen LogP contribution in [0.4, 0.5) is 0 Å². The molecule has 0 spiro atoms. The number of nitrogens with one attached hydrogen (secondary N) is 1. The number of carbonyl (C=O) groups excluding carboxylic acids is 3. The largest absolute Gasteiger partial charge is 0.508 e. The first kappa shape index (κ1) is 30.3. The van der Waals surface area contributed by atoms with Gasteiger partial charge in [0, 0.05) is 24.6 Å². The number of nitrogens with two attached hydrogens (primary N) is 1. The molecule has 0 aliphatic heterocycles. The Bertz CT molecular complexity index is 1800. The number of phenols is 1. The molecular formula is C35H35N3O7. The Morgan fingerprint density at radius 2 is 1.67 bits per heavy atom. The predicted octanol–water partition coefficient (Wildman–Crippen LogP) is 2.92. The van der Waals surface area contributed by atoms with Gasteiger partial charge in [-0.15, -0.1) is 0 Å². The Kier molecular flexibility index (Phi) is 7.60. The van der Waals surface area contributed by atoms with Gasteiger partial charge in [0.2, 0.25) is 5.78 Å². The number of nitrogens with zero attached hydrogens (tertiary/aromatic N) is 1. The fraction of sp³-hybridized carbons (Fsp3) is 0.286. The van der Waals surface area contributed by atoms with Crippen molar-refractivity contribution in [3.05, 3.63) is 106 Å². The third-order valence-corrected chi connectivity index (χ3v) is 9.34. The first-order valence-corrected chi connectivity index (χ1v) is 14.8. The molecule has 10 heteroatoms. The maximum atomic E-state index is 14.1. The maximum absolute atomic E-state index is 14.1. The Morgan fingerprint density at radius 3 is 2.36 bits per heavy atom. The third-order valence-electron chi connectivity index (χ3n) is 9.34. The van der Waals surface area contributed by atoms with E-state index in [1.54, 1.807) is 20.2 Å². The minimum absolute atomic E-state index is 0.0320. The van der Waals surface area contributed by atoms with Gasteiger partial charge in [0.25, 0.3) is 5.91 Å². The molecule has 3 aromatic carbocycles. The Labute approximate surface area is 260 Å². The van der Waals surface area contributed by atoms with Crippen molar-refractivity contribution in [3.63, 3.8) is 0 Å². The predicted molar refractivity (Wildman–Crippen MR) is 167 cm³/mol. The molecule has 3 aliphatic rings. The second-order valence-electron chi connectivity index (χ2n) is 12.2. The number of aliphatic hydroxyl groups is 3. The number of primary amides is 1. The zero-order valence-corrected chi connectivity index (χ0v) is 24.9. The van der Waals surface area contributed by atoms with Crippen LogP contribution in [0.15, 0.2) is 83.6 Å². The number of phenolic OH excluding ortho intramolecular Hbond substituents is 1. The van der Waals surface area contributed by atoms with E-state index in [0.717, 1.165) is 16.7 Å². The van der Waals surface area contributed by atoms with E-state index >= 15 is 0 Å². The first-order chi connectivity index (χ1) is 21.4. The fourth-order valence-electron chi connectivity index (χ4n) is 7.31. The number of carbonyl (C=O) groups is 3. The van der Waals surface area contributed by atoms with Crippen LogP contribution in [0.1, 0.15) is 28.7 Å². The van der Waals surface area contributed by atoms with Gasteiger partial charge in [0.1, 0.15) is 22.8 Å². The molecular weight excluding hydrogens is 574 g/mol. The van der Waals surface area contributed by atoms with Crippen molar-refractivity contribution in [1.29, 1.82) is 0 Å². The summed E-state index contributed by atoms with van der Waals surface area (Å²) in [6.45, 7) is 1.31. The van der Waals surface area contributed by atoms with Crippen LogP contribution in [0, 0.1) is 11.8 Å². The smallest absolute Gasteiger partial charge is 0.255 e. The van der Waals surface area contributed by atoms with Gasteiger partial charge in [-0.3, -0.25) is 19.3 Å². The Balaban J connectivity index is 1.40. The summed E-state index contributed by atoms with van der Waals surface area (Å²) < 4.78 is 0. The van der Waals surface area contributed by atoms with Crippen molar-refractivity contribution in [2.45, 2.75) is 37.6 Å². The summed E-state index contributed by atoms with van der Waals surface area (Å²) in [5.74, 6) is -6.71. The monoisotopic (exact) mass is 609 g/mol. The Hall–Kier alpha value is -4.77. The number of likely N-dealkylation sites (N-methyl/N-ethyl adjacent to an activating group) is 1. The van der Waals surface area contributed by atoms with E-state index in [-0.39, 0.29) is 29.7 Å². The molecule has 4 atom stereocenters. The molecule has 0 radical (unpaired) electrons. The number of amides is 1. The molecule has 45 heavy (non-hydrogen) atoms. The molecule has 0 aromatic heterocycles. The number of ketones is 2. The fourth-order valence-corrected chi connectivity index (χ4v) is 7.31. The van der Waals surface area contributed by atoms with Gasteiger partial charge in [0.05, 0.1) is 11.6 Å². The van der Waals surface area contributed by atoms with E-state index in [4.69, 9.17) is 5.73 Å². The number of aromatic hydroxyl groups is 1. The number of aliphatic hydroxyl groups excluding tert-OH is 2. The highest BCUT2D eigenvalue weighted by Crippen LogP contribution is 2.53. The number of fused-ring (bicyclic) bond motifs is 3. The van der Waals surface area contributed by atoms with Gasteiger partial charge in [-0.2, -0.15) is 0 Å². The third kappa shape index (κ3) is 4.82. The normalized spacial score (nSPS) is 24.4. The molecule has 1 fully saturated rings. The van der Waals surface area contributed by atoms with Crippen LogP contribution >= 0.6 is 0 Å². The van der Waals surface area contributed by atoms with Crippen molar-refractivity contribution in [2.24, 2.45) is 17.6 Å². The summed E-state index contributed by atoms with van der Waals surface area (Å²) in [7, 11) is 3.15. The molecule has 3 aromatic rings. The van der Waals surface area contributed by atoms with Crippen LogP contribution in [-0.2, 0) is 33.9 Å². The number of benzene rings is 3. The molecule has 0 saturated heterocycles. The van der Waals surface area contributed by atoms with Gasteiger partial charge in [-0.05, 0) is 72.8 Å². The summed E-state index contributed by atoms with van der Waals surface area (Å²) >= 11 is 0. The quantitative estimate of drug-likeness (QED) is 0.220. The first-order valence-electron chi connectivity index (χ1n) is 14.8. The van der Waals surface area contributed by atoms with Crippen LogP contribution < -0.4 is 11.1 Å². The van der Waals surface area contributed by atoms with Crippen LogP contribution in [0.25, 0.3) is 16.9 Å². The van der Waals surface area contributed by atoms with Gasteiger partial charge in [-0.1, -0.05) is 54.6 Å². The number of rotatable bonds is 7. The zero-order valence-electron chi connectivity index (χ0n) is 24.9. The van der Waals surface area contributed by atoms with Gasteiger partial charge < -0.3 is 31.5 Å². The van der Waals surface area contributed by atoms with Crippen molar-refractivity contribution >= 4 is 23.2 Å². The molecule has 7 N–H and O–H groups in total. The van der Waals surface area contributed by atoms with E-state index in [2.05, 4.69) is 17.4 Å². The van der Waals surface area contributed by atoms with Crippen molar-refractivity contribution in [1.82, 2.24) is 10.2 Å². The van der Waals surface area contributed by atoms with Crippen LogP contribution in [0.3, 0.4) is 0 Å². The van der Waals surface area contributed by atoms with Gasteiger partial charge >= 0.3 is 0 Å². The second kappa shape index (κ2) is 11.3. The summed E-state index contributed by atoms with van der Waals surface area (Å²) in [4.78, 5) is 41.1. The summed E-state index contributed by atoms with van der Waals surface area (Å²) in [5.41, 5.74) is 6.22. The molecule has 10 nitrogen and oxygen atoms in total. The number of hydrogen-bond donors (Lipinski definition) is 6. The molecule has 1 saturated carbocycles. The molecule has 6 rings (SSSR count). The molecule has 0 unspecified atom stereocenters. The molecule has 3 aliphatic carbocycles. The number of Topliss-reactive ketones (excluding diaryl/α,β-unsaturated/α-hetero) is 2. The average molecular weight is 610 g/mol. The molecule has 1 amide bonds. The van der Waals surface area contributed by atoms with Gasteiger partial charge in [-0.25, -0.2) is 0 Å². The zero-order chi connectivity index (χ0) is 32.2. The standard InChI is InChI=1S/C35H35N3O7/c1-38(2)29-24-15-21-14-23-22(20-10-6-9-19(13-20)17-37-16-18-7-4-3-5-8-18)11-12-25(39)27(23)30(40)26(21)32(42)35(24,45)33(43)28(31(29)41)34(36)44/h3-13,21,24,29,37,39-40,43,45H,14-17H2,1-2H3,(H2,36,44)/t21-,24-,29-,35-/m1/s1. The molecule has 0 bridgehead atoms. The van der Waals surface area contributed by atoms with Crippen LogP contribution in [0.2, 0.25) is 0 Å². The highest BCUT2D eigenvalue weighted by atomic mass is 16.3. The maximum Gasteiger partial charge on any atom is 0.255 e. The lowest BCUT2D eigenvalue weighted by molar-refractivity contribution is -0.153. The SMILES string of the molecule is CN(C)[C@H]1C(=O)C(C(N)=O)=C(O)[C@]2(O)C(=O)C3=C(O)c4c(O)ccc(-c5cccc(CNCc6ccccc6)c5)c4C[C@@H]3C[C@H]12. The lowest BCUT2D eigenvalue weighted by Crippen LogP contribution is -2.65. The highest BCUT2D eigenvalue weighted by molar-refractivity contribution is 6.24. The van der Waals surface area contributed by atoms with E-state index in [1.807, 2.05) is 42.5 Å². The molecule has 232 valence electrons. The minimum atomic E-state index is -2.67. The lowest BCUT2D eigenvalue weighted by Gasteiger charge is -2.50. The van der Waals surface area contributed by atoms with Crippen molar-refractivity contribution in [3.8, 4) is 16.9 Å². The summed E-state index contributed by atoms with van der Waals surface area (Å²) in [6.07, 6.45) is 0.249. The van der Waals surface area contributed by atoms with Crippen LogP contribution in [0.5, 0.6) is 5.75 Å². The second-order valence-corrected chi connectivity index (χ2v) is 12.2. The van der Waals surface area contributed by atoms with E-state index in [0.29, 0.717) is 18.7 Å². The highest BCUT2D eigenvalue weighted by Gasteiger charge is 2.64. The van der Waals surface area contributed by atoms with Gasteiger partial charge in [0.15, 0.2) is 11.4 Å². The lowest BCUT2D eigenvalue weighted by atomic mass is 9.57.